The van der Waals surface area contributed by atoms with Crippen molar-refractivity contribution in [2.24, 2.45) is 0 Å². The van der Waals surface area contributed by atoms with E-state index in [9.17, 15) is 13.2 Å². The van der Waals surface area contributed by atoms with Crippen LogP contribution in [-0.2, 0) is 9.84 Å². The van der Waals surface area contributed by atoms with Gasteiger partial charge >= 0.3 is 0 Å². The molecule has 7 heteroatoms. The van der Waals surface area contributed by atoms with Gasteiger partial charge in [0.05, 0.1) is 16.3 Å². The lowest BCUT2D eigenvalue weighted by molar-refractivity contribution is 0.0995. The van der Waals surface area contributed by atoms with Crippen LogP contribution in [-0.4, -0.2) is 26.6 Å². The van der Waals surface area contributed by atoms with Gasteiger partial charge in [-0.15, -0.1) is 11.3 Å². The molecule has 0 N–H and O–H groups in total. The Kier molecular flexibility index (Phi) is 4.70. The van der Waals surface area contributed by atoms with E-state index in [1.165, 1.54) is 26.2 Å². The SMILES string of the molecule is COc1ccccc1S(=O)(=O)C(C)C(=O)c1ccc(Cl)s1. The van der Waals surface area contributed by atoms with E-state index in [4.69, 9.17) is 16.3 Å². The van der Waals surface area contributed by atoms with Crippen molar-refractivity contribution < 1.29 is 17.9 Å². The first kappa shape index (κ1) is 16.0. The van der Waals surface area contributed by atoms with E-state index in [-0.39, 0.29) is 10.6 Å². The van der Waals surface area contributed by atoms with Crippen LogP contribution < -0.4 is 4.74 Å². The van der Waals surface area contributed by atoms with Gasteiger partial charge in [-0.05, 0) is 31.2 Å². The second-order valence-electron chi connectivity index (χ2n) is 4.31. The zero-order valence-electron chi connectivity index (χ0n) is 11.4. The zero-order valence-corrected chi connectivity index (χ0v) is 13.8. The molecule has 2 rings (SSSR count). The Morgan fingerprint density at radius 2 is 1.90 bits per heavy atom. The molecule has 1 aromatic carbocycles. The summed E-state index contributed by atoms with van der Waals surface area (Å²) in [5.41, 5.74) is 0. The molecule has 0 fully saturated rings. The summed E-state index contributed by atoms with van der Waals surface area (Å²) in [5, 5.41) is -1.21. The summed E-state index contributed by atoms with van der Waals surface area (Å²) in [6, 6.07) is 9.34. The normalized spacial score (nSPS) is 12.9. The number of halogens is 1. The van der Waals surface area contributed by atoms with E-state index in [2.05, 4.69) is 0 Å². The van der Waals surface area contributed by atoms with Gasteiger partial charge in [-0.2, -0.15) is 0 Å². The number of Topliss-reactive ketones (excluding diaryl/α,β-unsaturated/α-hetero) is 1. The number of carbonyl (C=O) groups excluding carboxylic acids is 1. The molecular weight excluding hydrogens is 332 g/mol. The van der Waals surface area contributed by atoms with Crippen LogP contribution in [0.25, 0.3) is 0 Å². The highest BCUT2D eigenvalue weighted by atomic mass is 35.5. The Morgan fingerprint density at radius 1 is 1.24 bits per heavy atom. The summed E-state index contributed by atoms with van der Waals surface area (Å²) in [4.78, 5) is 12.6. The lowest BCUT2D eigenvalue weighted by atomic mass is 10.2. The molecule has 1 unspecified atom stereocenters. The molecule has 0 radical (unpaired) electrons. The summed E-state index contributed by atoms with van der Waals surface area (Å²) < 4.78 is 30.7. The van der Waals surface area contributed by atoms with E-state index in [1.54, 1.807) is 24.3 Å². The van der Waals surface area contributed by atoms with Gasteiger partial charge in [0, 0.05) is 0 Å². The second-order valence-corrected chi connectivity index (χ2v) is 8.26. The van der Waals surface area contributed by atoms with Crippen molar-refractivity contribution in [3.8, 4) is 5.75 Å². The predicted octanol–water partition coefficient (Wildman–Crippen LogP) is 3.46. The van der Waals surface area contributed by atoms with E-state index >= 15 is 0 Å². The lowest BCUT2D eigenvalue weighted by Gasteiger charge is -2.13. The first-order valence-corrected chi connectivity index (χ1v) is 8.78. The average molecular weight is 345 g/mol. The van der Waals surface area contributed by atoms with Gasteiger partial charge in [-0.3, -0.25) is 4.79 Å². The molecule has 0 saturated heterocycles. The first-order valence-electron chi connectivity index (χ1n) is 6.04. The maximum absolute atomic E-state index is 12.6. The minimum Gasteiger partial charge on any atom is -0.495 e. The number of benzene rings is 1. The molecule has 4 nitrogen and oxygen atoms in total. The maximum atomic E-state index is 12.6. The summed E-state index contributed by atoms with van der Waals surface area (Å²) in [6.45, 7) is 1.37. The van der Waals surface area contributed by atoms with E-state index in [0.717, 1.165) is 11.3 Å². The fourth-order valence-corrected chi connectivity index (χ4v) is 4.47. The number of methoxy groups -OCH3 is 1. The number of ether oxygens (including phenoxy) is 1. The van der Waals surface area contributed by atoms with Crippen LogP contribution in [0.15, 0.2) is 41.3 Å². The van der Waals surface area contributed by atoms with Gasteiger partial charge in [0.25, 0.3) is 0 Å². The van der Waals surface area contributed by atoms with Gasteiger partial charge in [-0.1, -0.05) is 23.7 Å². The van der Waals surface area contributed by atoms with E-state index < -0.39 is 20.9 Å². The van der Waals surface area contributed by atoms with Crippen molar-refractivity contribution in [2.45, 2.75) is 17.1 Å². The molecular formula is C14H13ClO4S2. The van der Waals surface area contributed by atoms with Gasteiger partial charge in [-0.25, -0.2) is 8.42 Å². The Morgan fingerprint density at radius 3 is 2.48 bits per heavy atom. The zero-order chi connectivity index (χ0) is 15.6. The molecule has 112 valence electrons. The molecule has 0 amide bonds. The van der Waals surface area contributed by atoms with Crippen LogP contribution in [0.1, 0.15) is 16.6 Å². The van der Waals surface area contributed by atoms with Crippen LogP contribution in [0.5, 0.6) is 5.75 Å². The minimum absolute atomic E-state index is 0.0102. The van der Waals surface area contributed by atoms with Crippen molar-refractivity contribution in [1.29, 1.82) is 0 Å². The number of ketones is 1. The van der Waals surface area contributed by atoms with Crippen LogP contribution >= 0.6 is 22.9 Å². The highest BCUT2D eigenvalue weighted by molar-refractivity contribution is 7.93. The Labute approximate surface area is 132 Å². The highest BCUT2D eigenvalue weighted by Crippen LogP contribution is 2.30. The van der Waals surface area contributed by atoms with Crippen LogP contribution in [0, 0.1) is 0 Å². The quantitative estimate of drug-likeness (QED) is 0.779. The van der Waals surface area contributed by atoms with Crippen molar-refractivity contribution in [1.82, 2.24) is 0 Å². The molecule has 2 aromatic rings. The summed E-state index contributed by atoms with van der Waals surface area (Å²) in [7, 11) is -2.44. The number of rotatable bonds is 5. The van der Waals surface area contributed by atoms with E-state index in [1.807, 2.05) is 0 Å². The van der Waals surface area contributed by atoms with E-state index in [0.29, 0.717) is 9.21 Å². The first-order chi connectivity index (χ1) is 9.87. The number of para-hydroxylation sites is 1. The number of hydrogen-bond acceptors (Lipinski definition) is 5. The highest BCUT2D eigenvalue weighted by Gasteiger charge is 2.33. The Balaban J connectivity index is 2.41. The molecule has 0 spiro atoms. The van der Waals surface area contributed by atoms with Crippen LogP contribution in [0.2, 0.25) is 4.34 Å². The van der Waals surface area contributed by atoms with Gasteiger partial charge < -0.3 is 4.74 Å². The van der Waals surface area contributed by atoms with Crippen LogP contribution in [0.4, 0.5) is 0 Å². The summed E-state index contributed by atoms with van der Waals surface area (Å²) >= 11 is 6.85. The summed E-state index contributed by atoms with van der Waals surface area (Å²) in [6.07, 6.45) is 0. The van der Waals surface area contributed by atoms with Gasteiger partial charge in [0.2, 0.25) is 0 Å². The van der Waals surface area contributed by atoms with Crippen molar-refractivity contribution in [2.75, 3.05) is 7.11 Å². The lowest BCUT2D eigenvalue weighted by Crippen LogP contribution is -2.27. The molecule has 0 saturated carbocycles. The van der Waals surface area contributed by atoms with Crippen molar-refractivity contribution in [3.05, 3.63) is 45.6 Å². The maximum Gasteiger partial charge on any atom is 0.192 e. The molecule has 0 aliphatic rings. The largest absolute Gasteiger partial charge is 0.495 e. The third-order valence-corrected chi connectivity index (χ3v) is 6.37. The third kappa shape index (κ3) is 3.12. The fourth-order valence-electron chi connectivity index (χ4n) is 1.83. The van der Waals surface area contributed by atoms with Gasteiger partial charge in [0.15, 0.2) is 15.6 Å². The smallest absolute Gasteiger partial charge is 0.192 e. The minimum atomic E-state index is -3.83. The Bertz CT molecular complexity index is 765. The van der Waals surface area contributed by atoms with Crippen LogP contribution in [0.3, 0.4) is 0 Å². The molecule has 1 heterocycles. The molecule has 0 aliphatic carbocycles. The van der Waals surface area contributed by atoms with Crippen molar-refractivity contribution >= 4 is 38.6 Å². The van der Waals surface area contributed by atoms with Crippen molar-refractivity contribution in [3.63, 3.8) is 0 Å². The molecule has 0 bridgehead atoms. The monoisotopic (exact) mass is 344 g/mol. The van der Waals surface area contributed by atoms with Gasteiger partial charge in [0.1, 0.15) is 15.9 Å². The standard InChI is InChI=1S/C14H13ClO4S2/c1-9(14(16)11-7-8-13(15)20-11)21(17,18)12-6-4-3-5-10(12)19-2/h3-9H,1-2H3. The number of thiophene rings is 1. The number of sulfone groups is 1. The molecule has 21 heavy (non-hydrogen) atoms. The average Bonchev–Trinajstić information content (AvgIpc) is 2.92. The number of hydrogen-bond donors (Lipinski definition) is 0. The predicted molar refractivity (Wildman–Crippen MR) is 83.3 cm³/mol. The topological polar surface area (TPSA) is 60.4 Å². The third-order valence-electron chi connectivity index (χ3n) is 3.03. The molecule has 0 aliphatic heterocycles. The fraction of sp³-hybridized carbons (Fsp3) is 0.214. The summed E-state index contributed by atoms with van der Waals surface area (Å²) in [5.74, 6) is -0.251. The molecule has 1 atom stereocenters. The second kappa shape index (κ2) is 6.17. The Hall–Kier alpha value is -1.37. The molecule has 1 aromatic heterocycles. The number of carbonyl (C=O) groups is 1.